The van der Waals surface area contributed by atoms with Crippen LogP contribution in [0.3, 0.4) is 0 Å². The van der Waals surface area contributed by atoms with Gasteiger partial charge in [0.1, 0.15) is 5.82 Å². The van der Waals surface area contributed by atoms with Gasteiger partial charge in [0.15, 0.2) is 0 Å². The number of imidazole rings is 1. The number of halogens is 1. The molecule has 0 atom stereocenters. The molecule has 0 aromatic carbocycles. The molecule has 2 nitrogen and oxygen atoms in total. The van der Waals surface area contributed by atoms with Gasteiger partial charge in [-0.2, -0.15) is 0 Å². The molecule has 0 fully saturated rings. The van der Waals surface area contributed by atoms with Gasteiger partial charge in [0.05, 0.1) is 11.6 Å². The second-order valence-corrected chi connectivity index (χ2v) is 4.31. The number of rotatable bonds is 1. The highest BCUT2D eigenvalue weighted by Crippen LogP contribution is 2.20. The Morgan fingerprint density at radius 3 is 2.25 bits per heavy atom. The Balaban J connectivity index is 3.05. The molecule has 0 bridgehead atoms. The fourth-order valence-electron chi connectivity index (χ4n) is 0.982. The van der Waals surface area contributed by atoms with E-state index >= 15 is 0 Å². The van der Waals surface area contributed by atoms with E-state index in [1.807, 2.05) is 6.92 Å². The third-order valence-electron chi connectivity index (χ3n) is 1.82. The summed E-state index contributed by atoms with van der Waals surface area (Å²) in [4.78, 5) is 7.65. The second kappa shape index (κ2) is 3.09. The fourth-order valence-corrected chi connectivity index (χ4v) is 1.24. The lowest BCUT2D eigenvalue weighted by atomic mass is 9.96. The molecular weight excluding hydrogens is 172 g/mol. The van der Waals surface area contributed by atoms with E-state index in [9.17, 15) is 0 Å². The van der Waals surface area contributed by atoms with Gasteiger partial charge in [-0.15, -0.1) is 11.6 Å². The predicted molar refractivity (Wildman–Crippen MR) is 51.6 cm³/mol. The molecule has 0 aliphatic carbocycles. The maximum Gasteiger partial charge on any atom is 0.112 e. The van der Waals surface area contributed by atoms with E-state index in [1.165, 1.54) is 0 Å². The first-order valence-electron chi connectivity index (χ1n) is 4.07. The van der Waals surface area contributed by atoms with Crippen molar-refractivity contribution in [2.75, 3.05) is 0 Å². The highest BCUT2D eigenvalue weighted by molar-refractivity contribution is 6.16. The van der Waals surface area contributed by atoms with Gasteiger partial charge < -0.3 is 4.98 Å². The monoisotopic (exact) mass is 186 g/mol. The smallest absolute Gasteiger partial charge is 0.112 e. The van der Waals surface area contributed by atoms with Crippen LogP contribution in [0, 0.1) is 6.92 Å². The first-order chi connectivity index (χ1) is 5.45. The van der Waals surface area contributed by atoms with Crippen LogP contribution >= 0.6 is 11.6 Å². The minimum absolute atomic E-state index is 0.0784. The van der Waals surface area contributed by atoms with Crippen molar-refractivity contribution in [1.29, 1.82) is 0 Å². The molecule has 1 rings (SSSR count). The zero-order valence-electron chi connectivity index (χ0n) is 8.03. The first-order valence-corrected chi connectivity index (χ1v) is 4.60. The van der Waals surface area contributed by atoms with Crippen LogP contribution in [0.2, 0.25) is 0 Å². The summed E-state index contributed by atoms with van der Waals surface area (Å²) >= 11 is 5.71. The molecule has 0 aliphatic heterocycles. The molecule has 0 saturated carbocycles. The molecule has 1 N–H and O–H groups in total. The van der Waals surface area contributed by atoms with Gasteiger partial charge >= 0.3 is 0 Å². The fraction of sp³-hybridized carbons (Fsp3) is 0.667. The second-order valence-electron chi connectivity index (χ2n) is 4.04. The van der Waals surface area contributed by atoms with Crippen molar-refractivity contribution in [1.82, 2.24) is 9.97 Å². The molecule has 0 unspecified atom stereocenters. The maximum atomic E-state index is 5.71. The average Bonchev–Trinajstić information content (AvgIpc) is 2.29. The van der Waals surface area contributed by atoms with Crippen LogP contribution in [0.5, 0.6) is 0 Å². The molecule has 0 aliphatic rings. The normalized spacial score (nSPS) is 12.1. The quantitative estimate of drug-likeness (QED) is 0.672. The van der Waals surface area contributed by atoms with Crippen LogP contribution in [0.15, 0.2) is 0 Å². The molecule has 0 amide bonds. The minimum Gasteiger partial charge on any atom is -0.345 e. The summed E-state index contributed by atoms with van der Waals surface area (Å²) in [6.45, 7) is 8.38. The number of alkyl halides is 1. The highest BCUT2D eigenvalue weighted by Gasteiger charge is 2.18. The summed E-state index contributed by atoms with van der Waals surface area (Å²) in [5.41, 5.74) is 2.12. The SMILES string of the molecule is Cc1[nH]c(C(C)(C)C)nc1CCl. The largest absolute Gasteiger partial charge is 0.345 e. The summed E-state index contributed by atoms with van der Waals surface area (Å²) in [5, 5.41) is 0. The number of hydrogen-bond acceptors (Lipinski definition) is 1. The van der Waals surface area contributed by atoms with E-state index in [4.69, 9.17) is 11.6 Å². The van der Waals surface area contributed by atoms with Gasteiger partial charge in [-0.05, 0) is 6.92 Å². The Labute approximate surface area is 78.4 Å². The molecule has 0 spiro atoms. The van der Waals surface area contributed by atoms with Crippen LogP contribution < -0.4 is 0 Å². The highest BCUT2D eigenvalue weighted by atomic mass is 35.5. The number of nitrogens with zero attached hydrogens (tertiary/aromatic N) is 1. The lowest BCUT2D eigenvalue weighted by Crippen LogP contribution is -2.13. The summed E-state index contributed by atoms with van der Waals surface area (Å²) < 4.78 is 0. The Bertz CT molecular complexity index is 271. The van der Waals surface area contributed by atoms with Gasteiger partial charge in [-0.1, -0.05) is 20.8 Å². The van der Waals surface area contributed by atoms with Gasteiger partial charge in [-0.3, -0.25) is 0 Å². The van der Waals surface area contributed by atoms with Crippen LogP contribution in [0.1, 0.15) is 38.0 Å². The molecule has 1 aromatic heterocycles. The van der Waals surface area contributed by atoms with Crippen LogP contribution in [0.4, 0.5) is 0 Å². The minimum atomic E-state index is 0.0784. The molecule has 3 heteroatoms. The zero-order chi connectivity index (χ0) is 9.35. The number of aromatic nitrogens is 2. The van der Waals surface area contributed by atoms with Gasteiger partial charge in [0.25, 0.3) is 0 Å². The molecule has 0 saturated heterocycles. The van der Waals surface area contributed by atoms with E-state index in [1.54, 1.807) is 0 Å². The van der Waals surface area contributed by atoms with Crippen LogP contribution in [-0.4, -0.2) is 9.97 Å². The number of aromatic amines is 1. The lowest BCUT2D eigenvalue weighted by molar-refractivity contribution is 0.551. The van der Waals surface area contributed by atoms with Crippen molar-refractivity contribution in [3.05, 3.63) is 17.2 Å². The van der Waals surface area contributed by atoms with E-state index < -0.39 is 0 Å². The van der Waals surface area contributed by atoms with Gasteiger partial charge in [0.2, 0.25) is 0 Å². The van der Waals surface area contributed by atoms with Crippen LogP contribution in [0.25, 0.3) is 0 Å². The third-order valence-corrected chi connectivity index (χ3v) is 2.08. The van der Waals surface area contributed by atoms with Crippen molar-refractivity contribution >= 4 is 11.6 Å². The third kappa shape index (κ3) is 1.81. The summed E-state index contributed by atoms with van der Waals surface area (Å²) in [6, 6.07) is 0. The van der Waals surface area contributed by atoms with E-state index in [2.05, 4.69) is 30.7 Å². The number of H-pyrrole nitrogens is 1. The summed E-state index contributed by atoms with van der Waals surface area (Å²) in [6.07, 6.45) is 0. The van der Waals surface area contributed by atoms with Crippen molar-refractivity contribution in [3.8, 4) is 0 Å². The number of nitrogens with one attached hydrogen (secondary N) is 1. The average molecular weight is 187 g/mol. The molecule has 68 valence electrons. The topological polar surface area (TPSA) is 28.7 Å². The van der Waals surface area contributed by atoms with E-state index in [0.29, 0.717) is 5.88 Å². The van der Waals surface area contributed by atoms with Gasteiger partial charge in [-0.25, -0.2) is 4.98 Å². The molecule has 0 radical (unpaired) electrons. The van der Waals surface area contributed by atoms with E-state index in [0.717, 1.165) is 17.2 Å². The Morgan fingerprint density at radius 2 is 2.00 bits per heavy atom. The predicted octanol–water partition coefficient (Wildman–Crippen LogP) is 2.75. The Kier molecular flexibility index (Phi) is 2.47. The molecule has 12 heavy (non-hydrogen) atoms. The van der Waals surface area contributed by atoms with Crippen LogP contribution in [-0.2, 0) is 11.3 Å². The Morgan fingerprint density at radius 1 is 1.42 bits per heavy atom. The van der Waals surface area contributed by atoms with Gasteiger partial charge in [0, 0.05) is 11.1 Å². The summed E-state index contributed by atoms with van der Waals surface area (Å²) in [7, 11) is 0. The molecular formula is C9H15ClN2. The number of aryl methyl sites for hydroxylation is 1. The van der Waals surface area contributed by atoms with Crippen molar-refractivity contribution < 1.29 is 0 Å². The Hall–Kier alpha value is -0.500. The first kappa shape index (κ1) is 9.59. The summed E-state index contributed by atoms with van der Waals surface area (Å²) in [5.74, 6) is 1.49. The van der Waals surface area contributed by atoms with Crippen molar-refractivity contribution in [3.63, 3.8) is 0 Å². The maximum absolute atomic E-state index is 5.71. The van der Waals surface area contributed by atoms with Crippen molar-refractivity contribution in [2.45, 2.75) is 39.0 Å². The number of hydrogen-bond donors (Lipinski definition) is 1. The van der Waals surface area contributed by atoms with Crippen molar-refractivity contribution in [2.24, 2.45) is 0 Å². The van der Waals surface area contributed by atoms with E-state index in [-0.39, 0.29) is 5.41 Å². The standard InChI is InChI=1S/C9H15ClN2/c1-6-7(5-10)12-8(11-6)9(2,3)4/h5H2,1-4H3,(H,11,12). The lowest BCUT2D eigenvalue weighted by Gasteiger charge is -2.13. The molecule has 1 heterocycles. The molecule has 1 aromatic rings. The zero-order valence-corrected chi connectivity index (χ0v) is 8.79.